The van der Waals surface area contributed by atoms with E-state index in [1.54, 1.807) is 25.3 Å². The first-order valence-electron chi connectivity index (χ1n) is 10.7. The second kappa shape index (κ2) is 8.30. The van der Waals surface area contributed by atoms with E-state index in [0.717, 1.165) is 31.7 Å². The maximum Gasteiger partial charge on any atom is 0.416 e. The Kier molecular flexibility index (Phi) is 5.44. The number of nitrogens with one attached hydrogen (secondary N) is 2. The van der Waals surface area contributed by atoms with Crippen molar-refractivity contribution < 1.29 is 18.0 Å². The van der Waals surface area contributed by atoms with Gasteiger partial charge in [0.1, 0.15) is 12.0 Å². The van der Waals surface area contributed by atoms with E-state index < -0.39 is 17.8 Å². The second-order valence-corrected chi connectivity index (χ2v) is 9.36. The number of aryl methyl sites for hydroxylation is 2. The topological polar surface area (TPSA) is 70.7 Å². The Morgan fingerprint density at radius 3 is 2.76 bits per heavy atom. The maximum absolute atomic E-state index is 14.0. The smallest absolute Gasteiger partial charge is 0.346 e. The number of hydrogen-bond donors (Lipinski definition) is 2. The van der Waals surface area contributed by atoms with E-state index >= 15 is 0 Å². The number of hydrogen-bond acceptors (Lipinski definition) is 4. The first-order valence-corrected chi connectivity index (χ1v) is 11.5. The molecule has 2 N–H and O–H groups in total. The lowest BCUT2D eigenvalue weighted by molar-refractivity contribution is -0.138. The lowest BCUT2D eigenvalue weighted by Crippen LogP contribution is -2.27. The summed E-state index contributed by atoms with van der Waals surface area (Å²) in [6, 6.07) is 6.91. The highest BCUT2D eigenvalue weighted by Gasteiger charge is 2.35. The van der Waals surface area contributed by atoms with Crippen LogP contribution in [0.2, 0.25) is 0 Å². The number of carbonyl (C=O) groups is 1. The standard InChI is InChI=1S/C24H21F3N4OS/c1-13(31-23(32)20-11-14-4-2-3-5-19(14)33-20)16-7-6-15(10-18(16)24(25,26)27)21-17-8-9-28-22(17)30-12-29-21/h6-13H,2-5H2,1H3,(H,31,32)(H,28,29,30). The number of carbonyl (C=O) groups excluding carboxylic acids is 1. The van der Waals surface area contributed by atoms with Gasteiger partial charge in [0.2, 0.25) is 0 Å². The molecule has 1 aliphatic rings. The Morgan fingerprint density at radius 2 is 1.97 bits per heavy atom. The molecule has 5 rings (SSSR count). The maximum atomic E-state index is 14.0. The molecular weight excluding hydrogens is 449 g/mol. The molecule has 0 radical (unpaired) electrons. The fourth-order valence-electron chi connectivity index (χ4n) is 4.38. The zero-order valence-corrected chi connectivity index (χ0v) is 18.6. The summed E-state index contributed by atoms with van der Waals surface area (Å²) in [5, 5.41) is 3.40. The molecule has 1 amide bonds. The first-order chi connectivity index (χ1) is 15.8. The number of aromatic amines is 1. The number of fused-ring (bicyclic) bond motifs is 2. The molecule has 1 aromatic carbocycles. The quantitative estimate of drug-likeness (QED) is 0.380. The molecule has 0 saturated carbocycles. The minimum absolute atomic E-state index is 0.0142. The molecule has 3 heterocycles. The van der Waals surface area contributed by atoms with Crippen LogP contribution in [0.15, 0.2) is 42.9 Å². The summed E-state index contributed by atoms with van der Waals surface area (Å²) in [6.45, 7) is 1.57. The van der Waals surface area contributed by atoms with Crippen molar-refractivity contribution in [3.05, 3.63) is 69.3 Å². The minimum Gasteiger partial charge on any atom is -0.346 e. The monoisotopic (exact) mass is 470 g/mol. The van der Waals surface area contributed by atoms with Crippen LogP contribution in [-0.2, 0) is 19.0 Å². The van der Waals surface area contributed by atoms with Crippen molar-refractivity contribution >= 4 is 28.3 Å². The van der Waals surface area contributed by atoms with Crippen LogP contribution in [0.5, 0.6) is 0 Å². The van der Waals surface area contributed by atoms with Crippen molar-refractivity contribution in [3.63, 3.8) is 0 Å². The number of thiophene rings is 1. The van der Waals surface area contributed by atoms with Gasteiger partial charge in [-0.05, 0) is 61.9 Å². The molecule has 170 valence electrons. The number of benzene rings is 1. The summed E-state index contributed by atoms with van der Waals surface area (Å²) in [7, 11) is 0. The highest BCUT2D eigenvalue weighted by atomic mass is 32.1. The van der Waals surface area contributed by atoms with E-state index in [2.05, 4.69) is 20.3 Å². The number of aromatic nitrogens is 3. The summed E-state index contributed by atoms with van der Waals surface area (Å²) in [4.78, 5) is 25.8. The molecule has 33 heavy (non-hydrogen) atoms. The molecule has 0 spiro atoms. The summed E-state index contributed by atoms with van der Waals surface area (Å²) in [5.74, 6) is -0.344. The number of alkyl halides is 3. The Labute approximate surface area is 192 Å². The largest absolute Gasteiger partial charge is 0.416 e. The van der Waals surface area contributed by atoms with Crippen LogP contribution in [-0.4, -0.2) is 20.9 Å². The van der Waals surface area contributed by atoms with Crippen LogP contribution in [0, 0.1) is 0 Å². The predicted molar refractivity (Wildman–Crippen MR) is 121 cm³/mol. The van der Waals surface area contributed by atoms with Gasteiger partial charge >= 0.3 is 6.18 Å². The molecule has 0 saturated heterocycles. The molecule has 1 unspecified atom stereocenters. The van der Waals surface area contributed by atoms with Gasteiger partial charge in [-0.3, -0.25) is 4.79 Å². The third-order valence-corrected chi connectivity index (χ3v) is 7.26. The highest BCUT2D eigenvalue weighted by Crippen LogP contribution is 2.38. The third-order valence-electron chi connectivity index (χ3n) is 6.02. The normalized spacial score (nSPS) is 14.8. The predicted octanol–water partition coefficient (Wildman–Crippen LogP) is 6.08. The number of amides is 1. The van der Waals surface area contributed by atoms with Gasteiger partial charge in [0.25, 0.3) is 5.91 Å². The van der Waals surface area contributed by atoms with Gasteiger partial charge in [-0.1, -0.05) is 12.1 Å². The van der Waals surface area contributed by atoms with Crippen molar-refractivity contribution in [2.24, 2.45) is 0 Å². The van der Waals surface area contributed by atoms with Crippen molar-refractivity contribution in [2.75, 3.05) is 0 Å². The van der Waals surface area contributed by atoms with Crippen LogP contribution in [0.4, 0.5) is 13.2 Å². The number of rotatable bonds is 4. The molecule has 5 nitrogen and oxygen atoms in total. The van der Waals surface area contributed by atoms with Gasteiger partial charge in [0, 0.05) is 22.0 Å². The summed E-state index contributed by atoms with van der Waals surface area (Å²) in [5.41, 5.74) is 1.71. The Balaban J connectivity index is 1.46. The van der Waals surface area contributed by atoms with Gasteiger partial charge in [0.15, 0.2) is 0 Å². The lowest BCUT2D eigenvalue weighted by Gasteiger charge is -2.20. The Hall–Kier alpha value is -3.20. The average molecular weight is 471 g/mol. The molecule has 9 heteroatoms. The number of H-pyrrole nitrogens is 1. The van der Waals surface area contributed by atoms with E-state index in [-0.39, 0.29) is 11.5 Å². The number of nitrogens with zero attached hydrogens (tertiary/aromatic N) is 2. The van der Waals surface area contributed by atoms with Crippen LogP contribution in [0.25, 0.3) is 22.3 Å². The van der Waals surface area contributed by atoms with Crippen LogP contribution >= 0.6 is 11.3 Å². The van der Waals surface area contributed by atoms with Gasteiger partial charge in [0.05, 0.1) is 22.2 Å². The average Bonchev–Trinajstić information content (AvgIpc) is 3.45. The fraction of sp³-hybridized carbons (Fsp3) is 0.292. The second-order valence-electron chi connectivity index (χ2n) is 8.22. The molecule has 1 atom stereocenters. The Bertz CT molecular complexity index is 1320. The summed E-state index contributed by atoms with van der Waals surface area (Å²) in [6.07, 6.45) is 2.51. The van der Waals surface area contributed by atoms with Crippen molar-refractivity contribution in [1.29, 1.82) is 0 Å². The zero-order valence-electron chi connectivity index (χ0n) is 17.8. The van der Waals surface area contributed by atoms with Crippen LogP contribution < -0.4 is 5.32 Å². The van der Waals surface area contributed by atoms with E-state index in [9.17, 15) is 18.0 Å². The van der Waals surface area contributed by atoms with Crippen molar-refractivity contribution in [3.8, 4) is 11.3 Å². The molecule has 0 bridgehead atoms. The lowest BCUT2D eigenvalue weighted by atomic mass is 9.96. The third kappa shape index (κ3) is 4.13. The molecule has 3 aromatic heterocycles. The molecule has 4 aromatic rings. The molecular formula is C24H21F3N4OS. The SMILES string of the molecule is CC(NC(=O)c1cc2c(s1)CCCC2)c1ccc(-c2ncnc3[nH]ccc23)cc1C(F)(F)F. The van der Waals surface area contributed by atoms with Gasteiger partial charge < -0.3 is 10.3 Å². The minimum atomic E-state index is -4.59. The van der Waals surface area contributed by atoms with E-state index in [0.29, 0.717) is 27.2 Å². The van der Waals surface area contributed by atoms with Gasteiger partial charge in [-0.25, -0.2) is 9.97 Å². The Morgan fingerprint density at radius 1 is 1.15 bits per heavy atom. The summed E-state index contributed by atoms with van der Waals surface area (Å²) < 4.78 is 42.1. The van der Waals surface area contributed by atoms with Crippen molar-refractivity contribution in [1.82, 2.24) is 20.3 Å². The molecule has 0 aliphatic heterocycles. The molecule has 1 aliphatic carbocycles. The molecule has 0 fully saturated rings. The fourth-order valence-corrected chi connectivity index (χ4v) is 5.53. The van der Waals surface area contributed by atoms with Crippen molar-refractivity contribution in [2.45, 2.75) is 44.8 Å². The summed E-state index contributed by atoms with van der Waals surface area (Å²) >= 11 is 1.44. The van der Waals surface area contributed by atoms with Crippen LogP contribution in [0.1, 0.15) is 57.0 Å². The number of halogens is 3. The van der Waals surface area contributed by atoms with Crippen LogP contribution in [0.3, 0.4) is 0 Å². The first kappa shape index (κ1) is 21.6. The van der Waals surface area contributed by atoms with E-state index in [4.69, 9.17) is 0 Å². The van der Waals surface area contributed by atoms with E-state index in [1.165, 1.54) is 34.2 Å². The van der Waals surface area contributed by atoms with E-state index in [1.807, 2.05) is 6.07 Å². The zero-order chi connectivity index (χ0) is 23.2. The van der Waals surface area contributed by atoms with Gasteiger partial charge in [-0.15, -0.1) is 11.3 Å². The highest BCUT2D eigenvalue weighted by molar-refractivity contribution is 7.14. The van der Waals surface area contributed by atoms with Gasteiger partial charge in [-0.2, -0.15) is 13.2 Å².